The van der Waals surface area contributed by atoms with Gasteiger partial charge in [-0.3, -0.25) is 9.78 Å². The largest absolute Gasteiger partial charge is 0.369 e. The van der Waals surface area contributed by atoms with Gasteiger partial charge in [-0.2, -0.15) is 0 Å². The minimum absolute atomic E-state index is 0.191. The number of nitrogens with two attached hydrogens (primary N) is 1. The highest BCUT2D eigenvalue weighted by molar-refractivity contribution is 5.83. The van der Waals surface area contributed by atoms with Gasteiger partial charge in [0.1, 0.15) is 0 Å². The number of hydrogen-bond acceptors (Lipinski definition) is 2. The molecule has 1 fully saturated rings. The lowest BCUT2D eigenvalue weighted by Gasteiger charge is -2.28. The molecule has 1 radical (unpaired) electrons. The average Bonchev–Trinajstić information content (AvgIpc) is 2.57. The van der Waals surface area contributed by atoms with Crippen molar-refractivity contribution < 1.29 is 4.79 Å². The Labute approximate surface area is 102 Å². The zero-order chi connectivity index (χ0) is 12.1. The standard InChI is InChI=1S/C14H19N2O/c15-13(17)14(7-3-1-2-4-8-14)10-12-6-5-9-16-11-12/h5-6,9-11H,1-4,7-8H2,(H2,15,17). The Morgan fingerprint density at radius 1 is 1.29 bits per heavy atom. The molecule has 0 aliphatic heterocycles. The number of rotatable bonds is 3. The highest BCUT2D eigenvalue weighted by Crippen LogP contribution is 2.39. The van der Waals surface area contributed by atoms with Crippen molar-refractivity contribution in [3.8, 4) is 0 Å². The number of hydrogen-bond donors (Lipinski definition) is 1. The van der Waals surface area contributed by atoms with Gasteiger partial charge < -0.3 is 5.73 Å². The van der Waals surface area contributed by atoms with Gasteiger partial charge in [-0.05, 0) is 24.5 Å². The van der Waals surface area contributed by atoms with Gasteiger partial charge in [-0.25, -0.2) is 0 Å². The molecule has 1 heterocycles. The lowest BCUT2D eigenvalue weighted by Crippen LogP contribution is -2.37. The zero-order valence-electron chi connectivity index (χ0n) is 10.1. The van der Waals surface area contributed by atoms with Crippen LogP contribution in [0.5, 0.6) is 0 Å². The fourth-order valence-electron chi connectivity index (χ4n) is 2.60. The van der Waals surface area contributed by atoms with E-state index in [2.05, 4.69) is 4.98 Å². The van der Waals surface area contributed by atoms with Gasteiger partial charge in [0.25, 0.3) is 0 Å². The number of carbonyl (C=O) groups excluding carboxylic acids is 1. The Bertz CT molecular complexity index is 367. The number of aromatic nitrogens is 1. The van der Waals surface area contributed by atoms with Crippen LogP contribution in [0.3, 0.4) is 0 Å². The molecule has 2 N–H and O–H groups in total. The molecule has 0 saturated heterocycles. The predicted molar refractivity (Wildman–Crippen MR) is 67.0 cm³/mol. The van der Waals surface area contributed by atoms with Crippen LogP contribution in [0.15, 0.2) is 24.5 Å². The van der Waals surface area contributed by atoms with E-state index in [-0.39, 0.29) is 5.91 Å². The van der Waals surface area contributed by atoms with Crippen molar-refractivity contribution >= 4 is 5.91 Å². The maximum absolute atomic E-state index is 11.8. The lowest BCUT2D eigenvalue weighted by atomic mass is 9.75. The Balaban J connectivity index is 2.19. The molecule has 1 aromatic rings. The summed E-state index contributed by atoms with van der Waals surface area (Å²) in [6, 6.07) is 3.86. The van der Waals surface area contributed by atoms with E-state index in [4.69, 9.17) is 5.73 Å². The molecule has 17 heavy (non-hydrogen) atoms. The normalized spacial score (nSPS) is 19.5. The fourth-order valence-corrected chi connectivity index (χ4v) is 2.60. The van der Waals surface area contributed by atoms with Crippen LogP contribution in [0.4, 0.5) is 0 Å². The third-order valence-corrected chi connectivity index (χ3v) is 3.61. The molecule has 1 aliphatic rings. The van der Waals surface area contributed by atoms with E-state index in [0.29, 0.717) is 0 Å². The van der Waals surface area contributed by atoms with Crippen molar-refractivity contribution in [3.63, 3.8) is 0 Å². The van der Waals surface area contributed by atoms with Gasteiger partial charge in [-0.1, -0.05) is 31.7 Å². The first-order valence-electron chi connectivity index (χ1n) is 6.29. The van der Waals surface area contributed by atoms with E-state index in [1.54, 1.807) is 12.4 Å². The molecular weight excluding hydrogens is 212 g/mol. The smallest absolute Gasteiger partial charge is 0.224 e. The number of amides is 1. The Kier molecular flexibility index (Phi) is 3.77. The first-order chi connectivity index (χ1) is 8.23. The molecule has 1 amide bonds. The van der Waals surface area contributed by atoms with Crippen molar-refractivity contribution in [3.05, 3.63) is 36.5 Å². The third kappa shape index (κ3) is 2.84. The SMILES string of the molecule is NC(=O)C1([CH]c2cccnc2)CCCCCC1. The number of pyridine rings is 1. The van der Waals surface area contributed by atoms with Crippen LogP contribution in [0.1, 0.15) is 44.1 Å². The second-order valence-corrected chi connectivity index (χ2v) is 4.87. The van der Waals surface area contributed by atoms with Gasteiger partial charge in [0.05, 0.1) is 5.41 Å². The van der Waals surface area contributed by atoms with E-state index >= 15 is 0 Å². The molecule has 3 nitrogen and oxygen atoms in total. The second kappa shape index (κ2) is 5.30. The number of nitrogens with zero attached hydrogens (tertiary/aromatic N) is 1. The van der Waals surface area contributed by atoms with Crippen molar-refractivity contribution in [2.75, 3.05) is 0 Å². The van der Waals surface area contributed by atoms with Crippen LogP contribution >= 0.6 is 0 Å². The fraction of sp³-hybridized carbons (Fsp3) is 0.500. The highest BCUT2D eigenvalue weighted by Gasteiger charge is 2.37. The summed E-state index contributed by atoms with van der Waals surface area (Å²) in [5.41, 5.74) is 6.16. The molecule has 0 unspecified atom stereocenters. The monoisotopic (exact) mass is 231 g/mol. The van der Waals surface area contributed by atoms with Crippen LogP contribution in [0.2, 0.25) is 0 Å². The van der Waals surface area contributed by atoms with Crippen LogP contribution in [0.25, 0.3) is 0 Å². The predicted octanol–water partition coefficient (Wildman–Crippen LogP) is 2.46. The van der Waals surface area contributed by atoms with E-state index < -0.39 is 5.41 Å². The molecular formula is C14H19N2O. The first kappa shape index (κ1) is 12.1. The van der Waals surface area contributed by atoms with Crippen LogP contribution in [0, 0.1) is 11.8 Å². The summed E-state index contributed by atoms with van der Waals surface area (Å²) in [5, 5.41) is 0. The molecule has 2 rings (SSSR count). The molecule has 0 spiro atoms. The van der Waals surface area contributed by atoms with Crippen molar-refractivity contribution in [2.24, 2.45) is 11.1 Å². The van der Waals surface area contributed by atoms with Gasteiger partial charge in [0, 0.05) is 18.8 Å². The minimum atomic E-state index is -0.459. The average molecular weight is 231 g/mol. The van der Waals surface area contributed by atoms with Crippen molar-refractivity contribution in [1.29, 1.82) is 0 Å². The summed E-state index contributed by atoms with van der Waals surface area (Å²) >= 11 is 0. The van der Waals surface area contributed by atoms with Crippen molar-refractivity contribution in [1.82, 2.24) is 4.98 Å². The van der Waals surface area contributed by atoms with Crippen LogP contribution in [-0.4, -0.2) is 10.9 Å². The second-order valence-electron chi connectivity index (χ2n) is 4.87. The summed E-state index contributed by atoms with van der Waals surface area (Å²) in [6.45, 7) is 0. The third-order valence-electron chi connectivity index (χ3n) is 3.61. The molecule has 3 heteroatoms. The van der Waals surface area contributed by atoms with E-state index in [1.165, 1.54) is 12.8 Å². The molecule has 0 bridgehead atoms. The van der Waals surface area contributed by atoms with Crippen molar-refractivity contribution in [2.45, 2.75) is 38.5 Å². The zero-order valence-corrected chi connectivity index (χ0v) is 10.1. The molecule has 1 aliphatic carbocycles. The summed E-state index contributed by atoms with van der Waals surface area (Å²) in [4.78, 5) is 15.9. The molecule has 1 aromatic heterocycles. The van der Waals surface area contributed by atoms with E-state index in [1.807, 2.05) is 18.6 Å². The van der Waals surface area contributed by atoms with Crippen LogP contribution < -0.4 is 5.73 Å². The highest BCUT2D eigenvalue weighted by atomic mass is 16.1. The first-order valence-corrected chi connectivity index (χ1v) is 6.29. The molecule has 91 valence electrons. The summed E-state index contributed by atoms with van der Waals surface area (Å²) in [5.74, 6) is -0.191. The van der Waals surface area contributed by atoms with Gasteiger partial charge in [0.15, 0.2) is 0 Å². The van der Waals surface area contributed by atoms with E-state index in [0.717, 1.165) is 31.2 Å². The minimum Gasteiger partial charge on any atom is -0.369 e. The molecule has 1 saturated carbocycles. The quantitative estimate of drug-likeness (QED) is 0.812. The van der Waals surface area contributed by atoms with E-state index in [9.17, 15) is 4.79 Å². The maximum Gasteiger partial charge on any atom is 0.224 e. The number of primary amides is 1. The van der Waals surface area contributed by atoms with Gasteiger partial charge in [0.2, 0.25) is 5.91 Å². The van der Waals surface area contributed by atoms with Gasteiger partial charge >= 0.3 is 0 Å². The topological polar surface area (TPSA) is 56.0 Å². The summed E-state index contributed by atoms with van der Waals surface area (Å²) in [6.07, 6.45) is 11.9. The Morgan fingerprint density at radius 3 is 2.53 bits per heavy atom. The lowest BCUT2D eigenvalue weighted by molar-refractivity contribution is -0.126. The maximum atomic E-state index is 11.8. The molecule has 0 aromatic carbocycles. The Morgan fingerprint density at radius 2 is 2.00 bits per heavy atom. The van der Waals surface area contributed by atoms with Gasteiger partial charge in [-0.15, -0.1) is 0 Å². The summed E-state index contributed by atoms with van der Waals surface area (Å²) in [7, 11) is 0. The van der Waals surface area contributed by atoms with Crippen LogP contribution in [-0.2, 0) is 4.79 Å². The summed E-state index contributed by atoms with van der Waals surface area (Å²) < 4.78 is 0. The Hall–Kier alpha value is -1.38. The molecule has 0 atom stereocenters. The number of carbonyl (C=O) groups is 1.